The van der Waals surface area contributed by atoms with Crippen LogP contribution in [0.2, 0.25) is 0 Å². The van der Waals surface area contributed by atoms with Gasteiger partial charge >= 0.3 is 21.7 Å². The van der Waals surface area contributed by atoms with E-state index in [1.54, 1.807) is 12.3 Å². The van der Waals surface area contributed by atoms with E-state index in [-0.39, 0.29) is 46.5 Å². The molecule has 0 spiro atoms. The molecule has 1 aromatic heterocycles. The third-order valence-electron chi connectivity index (χ3n) is 1.91. The normalized spacial score (nSPS) is 7.76. The van der Waals surface area contributed by atoms with Crippen LogP contribution in [-0.2, 0) is 21.7 Å². The predicted octanol–water partition coefficient (Wildman–Crippen LogP) is -3.23. The third-order valence-corrected chi connectivity index (χ3v) is 1.91. The molecule has 5 heteroatoms. The van der Waals surface area contributed by atoms with Crippen LogP contribution >= 0.6 is 0 Å². The van der Waals surface area contributed by atoms with Gasteiger partial charge in [-0.3, -0.25) is 0 Å². The first-order chi connectivity index (χ1) is 6.97. The van der Waals surface area contributed by atoms with Gasteiger partial charge in [0.25, 0.3) is 0 Å². The maximum absolute atomic E-state index is 3.47. The number of nitrogens with zero attached hydrogens (tertiary/aromatic N) is 1. The zero-order valence-corrected chi connectivity index (χ0v) is 12.0. The molecule has 1 N–H and O–H groups in total. The molecular weight excluding hydrogens is 291 g/mol. The van der Waals surface area contributed by atoms with Crippen LogP contribution in [-0.4, -0.2) is 10.2 Å². The summed E-state index contributed by atoms with van der Waals surface area (Å²) in [7, 11) is 0. The van der Waals surface area contributed by atoms with Gasteiger partial charge in [0.15, 0.2) is 0 Å². The van der Waals surface area contributed by atoms with E-state index in [0.717, 1.165) is 0 Å². The first-order valence-corrected chi connectivity index (χ1v) is 4.43. The van der Waals surface area contributed by atoms with Crippen molar-refractivity contribution in [3.05, 3.63) is 60.9 Å². The summed E-state index contributed by atoms with van der Waals surface area (Å²) in [4.78, 5) is 0. The molecule has 0 radical (unpaired) electrons. The molecule has 0 aliphatic carbocycles. The number of H-pyrrole nitrogens is 1. The number of fused-ring (bicyclic) bond motifs is 1. The van der Waals surface area contributed by atoms with Crippen molar-refractivity contribution in [1.29, 1.82) is 0 Å². The van der Waals surface area contributed by atoms with Crippen LogP contribution in [0.5, 0.6) is 0 Å². The first-order valence-electron chi connectivity index (χ1n) is 4.43. The van der Waals surface area contributed by atoms with Crippen LogP contribution < -0.4 is 24.8 Å². The Morgan fingerprint density at radius 3 is 2.41 bits per heavy atom. The molecule has 0 saturated carbocycles. The first kappa shape index (κ1) is 18.7. The average Bonchev–Trinajstić information content (AvgIpc) is 2.92. The van der Waals surface area contributed by atoms with E-state index in [0.29, 0.717) is 0 Å². The minimum Gasteiger partial charge on any atom is -1.00 e. The summed E-state index contributed by atoms with van der Waals surface area (Å²) in [6.07, 6.45) is 4.26. The standard InChI is InChI=1S/C9H7.C3H3N2.2ClH.Ti/c1-2-5-9-7-3-6-8(9)4-1;1-2-4-5-3-1;;;/h1-7H;1-2H,(H,4,5);2*1H;/q2*-1;;;+4/p-2. The Morgan fingerprint density at radius 1 is 1.12 bits per heavy atom. The van der Waals surface area contributed by atoms with Gasteiger partial charge in [0.2, 0.25) is 0 Å². The molecule has 0 atom stereocenters. The number of aromatic amines is 1. The molecule has 0 saturated heterocycles. The minimum absolute atomic E-state index is 0. The molecule has 0 unspecified atom stereocenters. The van der Waals surface area contributed by atoms with Gasteiger partial charge in [0.1, 0.15) is 0 Å². The van der Waals surface area contributed by atoms with Gasteiger partial charge in [-0.1, -0.05) is 6.07 Å². The summed E-state index contributed by atoms with van der Waals surface area (Å²) < 4.78 is 0. The van der Waals surface area contributed by atoms with Crippen molar-refractivity contribution in [2.75, 3.05) is 0 Å². The molecule has 3 rings (SSSR count). The fourth-order valence-corrected chi connectivity index (χ4v) is 1.26. The Balaban J connectivity index is 0. The zero-order chi connectivity index (χ0) is 9.64. The number of halogens is 2. The molecule has 0 amide bonds. The SMILES string of the molecule is [Cl-].[Cl-].[Ti+4].[c-]1cc[nH]n1.c1ccc2[cH-]ccc2c1. The number of hydrogen-bond donors (Lipinski definition) is 1. The Morgan fingerprint density at radius 2 is 1.88 bits per heavy atom. The summed E-state index contributed by atoms with van der Waals surface area (Å²) in [6.45, 7) is 0. The second-order valence-corrected chi connectivity index (χ2v) is 2.86. The van der Waals surface area contributed by atoms with Crippen molar-refractivity contribution in [3.63, 3.8) is 0 Å². The topological polar surface area (TPSA) is 28.7 Å². The van der Waals surface area contributed by atoms with E-state index in [4.69, 9.17) is 0 Å². The Hall–Kier alpha value is -0.666. The number of aromatic nitrogens is 2. The molecule has 0 aliphatic heterocycles. The Bertz CT molecular complexity index is 432. The van der Waals surface area contributed by atoms with E-state index < -0.39 is 0 Å². The van der Waals surface area contributed by atoms with Crippen molar-refractivity contribution in [3.8, 4) is 0 Å². The van der Waals surface area contributed by atoms with Crippen LogP contribution in [0.3, 0.4) is 0 Å². The fourth-order valence-electron chi connectivity index (χ4n) is 1.26. The van der Waals surface area contributed by atoms with E-state index in [1.807, 2.05) is 0 Å². The van der Waals surface area contributed by atoms with Gasteiger partial charge < -0.3 is 35.0 Å². The average molecular weight is 301 g/mol. The smallest absolute Gasteiger partial charge is 1.00 e. The number of hydrogen-bond acceptors (Lipinski definition) is 1. The molecule has 1 heterocycles. The molecule has 0 fully saturated rings. The van der Waals surface area contributed by atoms with Gasteiger partial charge in [0, 0.05) is 0 Å². The Kier molecular flexibility index (Phi) is 11.5. The maximum Gasteiger partial charge on any atom is 4.00 e. The molecular formula is C12H10Cl2N2Ti. The van der Waals surface area contributed by atoms with Gasteiger partial charge in [-0.15, -0.1) is 42.0 Å². The van der Waals surface area contributed by atoms with Crippen LogP contribution in [0, 0.1) is 6.20 Å². The fraction of sp³-hybridized carbons (Fsp3) is 0. The van der Waals surface area contributed by atoms with E-state index in [1.165, 1.54) is 10.8 Å². The van der Waals surface area contributed by atoms with E-state index in [2.05, 4.69) is 58.9 Å². The van der Waals surface area contributed by atoms with Crippen LogP contribution in [0.1, 0.15) is 0 Å². The van der Waals surface area contributed by atoms with Crippen molar-refractivity contribution in [2.24, 2.45) is 0 Å². The van der Waals surface area contributed by atoms with Gasteiger partial charge in [-0.2, -0.15) is 23.6 Å². The summed E-state index contributed by atoms with van der Waals surface area (Å²) >= 11 is 0. The second kappa shape index (κ2) is 10.5. The molecule has 0 bridgehead atoms. The van der Waals surface area contributed by atoms with Gasteiger partial charge in [0.05, 0.1) is 0 Å². The van der Waals surface area contributed by atoms with Crippen LogP contribution in [0.15, 0.2) is 54.7 Å². The number of nitrogens with one attached hydrogen (secondary N) is 1. The molecule has 2 aromatic carbocycles. The quantitative estimate of drug-likeness (QED) is 0.343. The zero-order valence-electron chi connectivity index (χ0n) is 8.90. The largest absolute Gasteiger partial charge is 4.00 e. The van der Waals surface area contributed by atoms with E-state index >= 15 is 0 Å². The van der Waals surface area contributed by atoms with Crippen molar-refractivity contribution in [2.45, 2.75) is 0 Å². The van der Waals surface area contributed by atoms with Crippen LogP contribution in [0.25, 0.3) is 10.8 Å². The third kappa shape index (κ3) is 5.99. The van der Waals surface area contributed by atoms with Crippen molar-refractivity contribution in [1.82, 2.24) is 10.2 Å². The minimum atomic E-state index is 0. The summed E-state index contributed by atoms with van der Waals surface area (Å²) in [6, 6.07) is 16.4. The van der Waals surface area contributed by atoms with Crippen LogP contribution in [0.4, 0.5) is 0 Å². The predicted molar refractivity (Wildman–Crippen MR) is 57.0 cm³/mol. The van der Waals surface area contributed by atoms with Crippen molar-refractivity contribution < 1.29 is 46.5 Å². The summed E-state index contributed by atoms with van der Waals surface area (Å²) in [5.41, 5.74) is 0. The monoisotopic (exact) mass is 300 g/mol. The summed E-state index contributed by atoms with van der Waals surface area (Å²) in [5.74, 6) is 0. The number of benzene rings is 1. The summed E-state index contributed by atoms with van der Waals surface area (Å²) in [5, 5.41) is 8.69. The molecule has 2 nitrogen and oxygen atoms in total. The van der Waals surface area contributed by atoms with Gasteiger partial charge in [-0.25, -0.2) is 0 Å². The molecule has 0 aliphatic rings. The van der Waals surface area contributed by atoms with Crippen molar-refractivity contribution >= 4 is 10.8 Å². The molecule has 17 heavy (non-hydrogen) atoms. The maximum atomic E-state index is 3.47. The van der Waals surface area contributed by atoms with E-state index in [9.17, 15) is 0 Å². The second-order valence-electron chi connectivity index (χ2n) is 2.86. The van der Waals surface area contributed by atoms with Gasteiger partial charge in [-0.05, 0) is 0 Å². The Labute approximate surface area is 128 Å². The molecule has 3 aromatic rings. The number of rotatable bonds is 0. The molecule has 86 valence electrons.